The Hall–Kier alpha value is -2.72. The number of carbonyl (C=O) groups excluding carboxylic acids is 1. The molecule has 0 radical (unpaired) electrons. The molecular formula is C31H39N3O5S. The fourth-order valence-corrected chi connectivity index (χ4v) is 7.58. The molecule has 1 aromatic heterocycles. The number of fused-ring (bicyclic) bond motifs is 1. The number of hydrogen-bond acceptors (Lipinski definition) is 5. The fraction of sp³-hybridized carbons (Fsp3) is 0.516. The zero-order chi connectivity index (χ0) is 27.7. The third-order valence-corrected chi connectivity index (χ3v) is 10.3. The molecule has 6 rings (SSSR count). The van der Waals surface area contributed by atoms with Crippen molar-refractivity contribution in [2.45, 2.75) is 61.9 Å². The first kappa shape index (κ1) is 27.4. The maximum Gasteiger partial charge on any atom is 0.240 e. The van der Waals surface area contributed by atoms with Crippen LogP contribution < -0.4 is 4.72 Å². The van der Waals surface area contributed by atoms with Crippen molar-refractivity contribution in [2.24, 2.45) is 11.8 Å². The number of nitrogens with one attached hydrogen (secondary N) is 2. The molecule has 2 N–H and O–H groups in total. The number of ether oxygens (including phenoxy) is 2. The van der Waals surface area contributed by atoms with E-state index >= 15 is 0 Å². The summed E-state index contributed by atoms with van der Waals surface area (Å²) >= 11 is 0. The largest absolute Gasteiger partial charge is 0.384 e. The first-order valence-corrected chi connectivity index (χ1v) is 16.0. The van der Waals surface area contributed by atoms with Crippen LogP contribution in [0, 0.1) is 11.8 Å². The van der Waals surface area contributed by atoms with Crippen LogP contribution in [0.3, 0.4) is 0 Å². The van der Waals surface area contributed by atoms with Gasteiger partial charge in [-0.3, -0.25) is 4.79 Å². The number of benzene rings is 2. The normalized spacial score (nSPS) is 23.9. The Labute approximate surface area is 236 Å². The molecule has 8 nitrogen and oxygen atoms in total. The van der Waals surface area contributed by atoms with E-state index in [2.05, 4.69) is 38.9 Å². The van der Waals surface area contributed by atoms with E-state index in [1.54, 1.807) is 19.2 Å². The number of H-pyrrole nitrogens is 1. The lowest BCUT2D eigenvalue weighted by Crippen LogP contribution is -2.52. The smallest absolute Gasteiger partial charge is 0.240 e. The highest BCUT2D eigenvalue weighted by molar-refractivity contribution is 7.89. The average molecular weight is 566 g/mol. The van der Waals surface area contributed by atoms with Crippen LogP contribution in [-0.2, 0) is 30.7 Å². The lowest BCUT2D eigenvalue weighted by Gasteiger charge is -2.39. The molecular weight excluding hydrogens is 526 g/mol. The first-order chi connectivity index (χ1) is 19.4. The Bertz CT molecular complexity index is 1440. The van der Waals surface area contributed by atoms with Gasteiger partial charge in [0.25, 0.3) is 0 Å². The minimum atomic E-state index is -3.68. The summed E-state index contributed by atoms with van der Waals surface area (Å²) in [6, 6.07) is 15.7. The standard InChI is InChI=1S/C31H39N3O5S/c1-38-16-14-21-2-4-22(5-3-21)28-18-25-10-13-27(19-29(25)32-28)40(36,37)33-26-11-8-24(9-12-26)31(35)34-15-17-39-20-30(34)23-6-7-23/h2-5,10,13,18-19,23-24,26,30,32-33H,6-9,11-12,14-17,20H2,1H3. The van der Waals surface area contributed by atoms with E-state index in [9.17, 15) is 13.2 Å². The van der Waals surface area contributed by atoms with Crippen molar-refractivity contribution in [3.8, 4) is 11.3 Å². The van der Waals surface area contributed by atoms with Gasteiger partial charge in [-0.15, -0.1) is 0 Å². The number of rotatable bonds is 9. The van der Waals surface area contributed by atoms with Gasteiger partial charge in [-0.1, -0.05) is 30.3 Å². The summed E-state index contributed by atoms with van der Waals surface area (Å²) in [7, 11) is -1.98. The van der Waals surface area contributed by atoms with Gasteiger partial charge >= 0.3 is 0 Å². The van der Waals surface area contributed by atoms with Crippen LogP contribution in [0.1, 0.15) is 44.1 Å². The molecule has 0 spiro atoms. The minimum absolute atomic E-state index is 0.0252. The molecule has 214 valence electrons. The maximum atomic E-state index is 13.3. The predicted molar refractivity (Wildman–Crippen MR) is 154 cm³/mol. The van der Waals surface area contributed by atoms with Crippen molar-refractivity contribution >= 4 is 26.8 Å². The molecule has 0 bridgehead atoms. The molecule has 3 fully saturated rings. The summed E-state index contributed by atoms with van der Waals surface area (Å²) in [6.45, 7) is 2.62. The van der Waals surface area contributed by atoms with Crippen LogP contribution >= 0.6 is 0 Å². The van der Waals surface area contributed by atoms with Crippen LogP contribution in [0.15, 0.2) is 53.4 Å². The van der Waals surface area contributed by atoms with Crippen LogP contribution in [0.5, 0.6) is 0 Å². The van der Waals surface area contributed by atoms with Gasteiger partial charge in [0, 0.05) is 42.2 Å². The summed E-state index contributed by atoms with van der Waals surface area (Å²) in [5.74, 6) is 0.800. The molecule has 2 heterocycles. The molecule has 1 unspecified atom stereocenters. The van der Waals surface area contributed by atoms with Gasteiger partial charge in [0.05, 0.1) is 30.8 Å². The number of methoxy groups -OCH3 is 1. The molecule has 1 aliphatic heterocycles. The van der Waals surface area contributed by atoms with E-state index in [0.29, 0.717) is 58.0 Å². The summed E-state index contributed by atoms with van der Waals surface area (Å²) in [6.07, 6.45) is 6.00. The highest BCUT2D eigenvalue weighted by Gasteiger charge is 2.41. The van der Waals surface area contributed by atoms with Crippen molar-refractivity contribution in [3.05, 3.63) is 54.1 Å². The monoisotopic (exact) mass is 565 g/mol. The molecule has 9 heteroatoms. The SMILES string of the molecule is COCCc1ccc(-c2cc3ccc(S(=O)(=O)NC4CCC(C(=O)N5CCOCC5C5CC5)CC4)cc3[nH]2)cc1. The topological polar surface area (TPSA) is 101 Å². The van der Waals surface area contributed by atoms with Crippen LogP contribution in [0.4, 0.5) is 0 Å². The van der Waals surface area contributed by atoms with Gasteiger partial charge in [-0.2, -0.15) is 0 Å². The minimum Gasteiger partial charge on any atom is -0.384 e. The second-order valence-electron chi connectivity index (χ2n) is 11.6. The number of hydrogen-bond donors (Lipinski definition) is 2. The summed E-state index contributed by atoms with van der Waals surface area (Å²) < 4.78 is 40.3. The number of sulfonamides is 1. The van der Waals surface area contributed by atoms with Crippen molar-refractivity contribution in [3.63, 3.8) is 0 Å². The molecule has 2 saturated carbocycles. The molecule has 1 atom stereocenters. The lowest BCUT2D eigenvalue weighted by molar-refractivity contribution is -0.146. The quantitative estimate of drug-likeness (QED) is 0.398. The molecule has 1 amide bonds. The first-order valence-electron chi connectivity index (χ1n) is 14.5. The van der Waals surface area contributed by atoms with Gasteiger partial charge < -0.3 is 19.4 Å². The van der Waals surface area contributed by atoms with E-state index in [1.807, 2.05) is 12.1 Å². The van der Waals surface area contributed by atoms with E-state index in [4.69, 9.17) is 9.47 Å². The van der Waals surface area contributed by atoms with E-state index in [-0.39, 0.29) is 28.8 Å². The van der Waals surface area contributed by atoms with Gasteiger partial charge in [0.1, 0.15) is 0 Å². The molecule has 1 saturated heterocycles. The third-order valence-electron chi connectivity index (χ3n) is 8.78. The van der Waals surface area contributed by atoms with Crippen molar-refractivity contribution in [2.75, 3.05) is 33.5 Å². The summed E-state index contributed by atoms with van der Waals surface area (Å²) in [5.41, 5.74) is 3.99. The molecule has 3 aliphatic rings. The number of aromatic amines is 1. The van der Waals surface area contributed by atoms with Crippen LogP contribution in [0.2, 0.25) is 0 Å². The summed E-state index contributed by atoms with van der Waals surface area (Å²) in [4.78, 5) is 19.0. The number of aromatic nitrogens is 1. The molecule has 2 aliphatic carbocycles. The fourth-order valence-electron chi connectivity index (χ4n) is 6.25. The highest BCUT2D eigenvalue weighted by atomic mass is 32.2. The lowest BCUT2D eigenvalue weighted by atomic mass is 9.85. The number of morpholine rings is 1. The maximum absolute atomic E-state index is 13.3. The van der Waals surface area contributed by atoms with Crippen molar-refractivity contribution in [1.82, 2.24) is 14.6 Å². The van der Waals surface area contributed by atoms with Gasteiger partial charge in [-0.25, -0.2) is 13.1 Å². The van der Waals surface area contributed by atoms with Crippen molar-refractivity contribution < 1.29 is 22.7 Å². The Morgan fingerprint density at radius 1 is 1.05 bits per heavy atom. The molecule has 40 heavy (non-hydrogen) atoms. The number of carbonyl (C=O) groups is 1. The number of amides is 1. The zero-order valence-electron chi connectivity index (χ0n) is 23.1. The number of nitrogens with zero attached hydrogens (tertiary/aromatic N) is 1. The van der Waals surface area contributed by atoms with E-state index in [0.717, 1.165) is 28.6 Å². The molecule has 2 aromatic carbocycles. The van der Waals surface area contributed by atoms with Crippen molar-refractivity contribution in [1.29, 1.82) is 0 Å². The Balaban J connectivity index is 1.08. The second kappa shape index (κ2) is 11.6. The van der Waals surface area contributed by atoms with Crippen LogP contribution in [-0.4, -0.2) is 69.8 Å². The van der Waals surface area contributed by atoms with Gasteiger partial charge in [-0.05, 0) is 80.2 Å². The zero-order valence-corrected chi connectivity index (χ0v) is 23.9. The highest BCUT2D eigenvalue weighted by Crippen LogP contribution is 2.38. The Morgan fingerprint density at radius 3 is 2.55 bits per heavy atom. The van der Waals surface area contributed by atoms with E-state index in [1.165, 1.54) is 18.4 Å². The average Bonchev–Trinajstić information content (AvgIpc) is 3.74. The second-order valence-corrected chi connectivity index (χ2v) is 13.3. The van der Waals surface area contributed by atoms with Gasteiger partial charge in [0.15, 0.2) is 0 Å². The van der Waals surface area contributed by atoms with Gasteiger partial charge in [0.2, 0.25) is 15.9 Å². The Morgan fingerprint density at radius 2 is 1.82 bits per heavy atom. The summed E-state index contributed by atoms with van der Waals surface area (Å²) in [5, 5.41) is 0.962. The Kier molecular flexibility index (Phi) is 7.99. The predicted octanol–water partition coefficient (Wildman–Crippen LogP) is 4.50. The third kappa shape index (κ3) is 5.98. The van der Waals surface area contributed by atoms with Crippen LogP contribution in [0.25, 0.3) is 22.2 Å². The molecule has 3 aromatic rings. The van der Waals surface area contributed by atoms with E-state index < -0.39 is 10.0 Å².